The molecule has 2 amide bonds. The Morgan fingerprint density at radius 2 is 2.03 bits per heavy atom. The first-order valence-corrected chi connectivity index (χ1v) is 14.7. The summed E-state index contributed by atoms with van der Waals surface area (Å²) in [6, 6.07) is 5.18. The van der Waals surface area contributed by atoms with Crippen LogP contribution in [0.1, 0.15) is 39.0 Å². The van der Waals surface area contributed by atoms with Crippen LogP contribution < -0.4 is 4.90 Å². The lowest BCUT2D eigenvalue weighted by Crippen LogP contribution is -2.59. The van der Waals surface area contributed by atoms with E-state index in [4.69, 9.17) is 21.1 Å². The van der Waals surface area contributed by atoms with Crippen molar-refractivity contribution in [2.24, 2.45) is 11.8 Å². The molecule has 3 aliphatic heterocycles. The van der Waals surface area contributed by atoms with Gasteiger partial charge in [-0.1, -0.05) is 46.6 Å². The first-order valence-electron chi connectivity index (χ1n) is 13.5. The van der Waals surface area contributed by atoms with E-state index in [2.05, 4.69) is 29.1 Å². The van der Waals surface area contributed by atoms with Gasteiger partial charge in [0, 0.05) is 22.1 Å². The summed E-state index contributed by atoms with van der Waals surface area (Å²) in [7, 11) is 0. The van der Waals surface area contributed by atoms with Gasteiger partial charge in [0.1, 0.15) is 11.6 Å². The van der Waals surface area contributed by atoms with Gasteiger partial charge in [-0.15, -0.1) is 13.2 Å². The second kappa shape index (κ2) is 12.5. The van der Waals surface area contributed by atoms with E-state index in [-0.39, 0.29) is 36.4 Å². The van der Waals surface area contributed by atoms with Crippen LogP contribution in [0, 0.1) is 11.8 Å². The molecule has 0 radical (unpaired) electrons. The Morgan fingerprint density at radius 1 is 1.31 bits per heavy atom. The number of carbonyl (C=O) groups excluding carboxylic acids is 3. The van der Waals surface area contributed by atoms with E-state index in [1.54, 1.807) is 35.2 Å². The molecule has 3 aliphatic rings. The summed E-state index contributed by atoms with van der Waals surface area (Å²) in [5.41, 5.74) is -0.652. The average molecular weight is 624 g/mol. The van der Waals surface area contributed by atoms with Crippen molar-refractivity contribution >= 4 is 51.0 Å². The van der Waals surface area contributed by atoms with Gasteiger partial charge in [0.05, 0.1) is 37.2 Å². The van der Waals surface area contributed by atoms with E-state index in [9.17, 15) is 19.5 Å². The number of anilines is 1. The van der Waals surface area contributed by atoms with E-state index >= 15 is 0 Å². The first-order chi connectivity index (χ1) is 18.7. The summed E-state index contributed by atoms with van der Waals surface area (Å²) in [6.45, 7) is 9.47. The summed E-state index contributed by atoms with van der Waals surface area (Å²) in [4.78, 5) is 44.7. The Kier molecular flexibility index (Phi) is 9.57. The molecule has 3 unspecified atom stereocenters. The van der Waals surface area contributed by atoms with Crippen molar-refractivity contribution in [3.63, 3.8) is 0 Å². The average Bonchev–Trinajstić information content (AvgIpc) is 3.52. The highest BCUT2D eigenvalue weighted by Crippen LogP contribution is 2.60. The molecule has 3 heterocycles. The van der Waals surface area contributed by atoms with Crippen molar-refractivity contribution in [1.82, 2.24) is 4.90 Å². The minimum atomic E-state index is -1.24. The van der Waals surface area contributed by atoms with Crippen LogP contribution in [0.25, 0.3) is 0 Å². The van der Waals surface area contributed by atoms with Crippen molar-refractivity contribution in [2.75, 3.05) is 24.7 Å². The molecule has 3 saturated heterocycles. The number of unbranched alkanes of at least 4 members (excludes halogenated alkanes) is 2. The number of ether oxygens (including phenoxy) is 2. The number of benzene rings is 1. The highest BCUT2D eigenvalue weighted by Gasteiger charge is 2.77. The van der Waals surface area contributed by atoms with Crippen LogP contribution >= 0.6 is 27.5 Å². The molecule has 1 N–H and O–H groups in total. The Labute approximate surface area is 243 Å². The van der Waals surface area contributed by atoms with Gasteiger partial charge in [0.15, 0.2) is 0 Å². The third kappa shape index (κ3) is 5.31. The zero-order valence-corrected chi connectivity index (χ0v) is 24.5. The molecule has 8 nitrogen and oxygen atoms in total. The number of halogens is 2. The molecule has 0 aromatic heterocycles. The lowest BCUT2D eigenvalue weighted by Gasteiger charge is -2.39. The predicted octanol–water partition coefficient (Wildman–Crippen LogP) is 4.28. The lowest BCUT2D eigenvalue weighted by atomic mass is 9.70. The number of amides is 2. The fourth-order valence-electron chi connectivity index (χ4n) is 6.30. The third-order valence-corrected chi connectivity index (χ3v) is 9.17. The summed E-state index contributed by atoms with van der Waals surface area (Å²) in [5.74, 6) is -2.95. The minimum absolute atomic E-state index is 0.188. The van der Waals surface area contributed by atoms with E-state index in [1.165, 1.54) is 4.90 Å². The van der Waals surface area contributed by atoms with Crippen molar-refractivity contribution in [2.45, 2.75) is 67.6 Å². The van der Waals surface area contributed by atoms with Gasteiger partial charge in [-0.3, -0.25) is 14.4 Å². The molecule has 39 heavy (non-hydrogen) atoms. The Morgan fingerprint density at radius 3 is 2.64 bits per heavy atom. The summed E-state index contributed by atoms with van der Waals surface area (Å²) in [5, 5.41) is 10.8. The molecule has 1 spiro atoms. The van der Waals surface area contributed by atoms with E-state index in [1.807, 2.05) is 13.0 Å². The second-order valence-electron chi connectivity index (χ2n) is 10.3. The molecule has 7 atom stereocenters. The molecule has 1 aromatic carbocycles. The fourth-order valence-corrected chi connectivity index (χ4v) is 7.37. The third-order valence-electron chi connectivity index (χ3n) is 8.07. The number of fused-ring (bicyclic) bond motifs is 1. The highest BCUT2D eigenvalue weighted by molar-refractivity contribution is 9.09. The Hall–Kier alpha value is -2.20. The smallest absolute Gasteiger partial charge is 0.312 e. The number of aliphatic hydroxyl groups excluding tert-OH is 1. The topological polar surface area (TPSA) is 96.4 Å². The molecule has 2 bridgehead atoms. The Bertz CT molecular complexity index is 1100. The number of alkyl halides is 1. The van der Waals surface area contributed by atoms with Crippen LogP contribution in [0.4, 0.5) is 5.69 Å². The number of aliphatic hydroxyl groups is 1. The van der Waals surface area contributed by atoms with Gasteiger partial charge in [-0.25, -0.2) is 0 Å². The maximum absolute atomic E-state index is 14.4. The predicted molar refractivity (Wildman–Crippen MR) is 153 cm³/mol. The molecule has 4 rings (SSSR count). The zero-order valence-electron chi connectivity index (χ0n) is 22.1. The van der Waals surface area contributed by atoms with Crippen LogP contribution in [-0.4, -0.2) is 76.2 Å². The molecular formula is C29H36BrClN2O6. The minimum Gasteiger partial charge on any atom is -0.465 e. The number of rotatable bonds is 13. The van der Waals surface area contributed by atoms with Gasteiger partial charge in [-0.2, -0.15) is 0 Å². The monoisotopic (exact) mass is 622 g/mol. The number of esters is 1. The normalized spacial score (nSPS) is 29.7. The van der Waals surface area contributed by atoms with Gasteiger partial charge < -0.3 is 24.4 Å². The van der Waals surface area contributed by atoms with E-state index < -0.39 is 41.6 Å². The SMILES string of the molecule is C=CCCCCOC(=O)[C@H]1[C@@H]2OC3(CC2Br)C(C(=O)N(CC=C)c2ccc(Cl)cc2)N([C@@H](CC)CO)C(=O)[C@H]13. The van der Waals surface area contributed by atoms with Crippen molar-refractivity contribution in [3.05, 3.63) is 54.6 Å². The van der Waals surface area contributed by atoms with E-state index in [0.29, 0.717) is 30.0 Å². The number of nitrogens with zero attached hydrogens (tertiary/aromatic N) is 2. The first kappa shape index (κ1) is 29.8. The van der Waals surface area contributed by atoms with Crippen LogP contribution in [0.2, 0.25) is 5.02 Å². The molecule has 212 valence electrons. The molecule has 1 aromatic rings. The summed E-state index contributed by atoms with van der Waals surface area (Å²) in [6.07, 6.45) is 5.98. The van der Waals surface area contributed by atoms with Crippen molar-refractivity contribution in [3.8, 4) is 0 Å². The van der Waals surface area contributed by atoms with Crippen LogP contribution in [0.15, 0.2) is 49.6 Å². The Balaban J connectivity index is 1.72. The van der Waals surface area contributed by atoms with Crippen LogP contribution in [0.3, 0.4) is 0 Å². The second-order valence-corrected chi connectivity index (χ2v) is 11.9. The number of hydrogen-bond donors (Lipinski definition) is 1. The van der Waals surface area contributed by atoms with Gasteiger partial charge in [0.2, 0.25) is 5.91 Å². The maximum atomic E-state index is 14.4. The van der Waals surface area contributed by atoms with E-state index in [0.717, 1.165) is 12.8 Å². The number of allylic oxidation sites excluding steroid dienone is 1. The molecule has 3 fully saturated rings. The summed E-state index contributed by atoms with van der Waals surface area (Å²) < 4.78 is 12.2. The van der Waals surface area contributed by atoms with Crippen molar-refractivity contribution < 1.29 is 29.0 Å². The number of hydrogen-bond acceptors (Lipinski definition) is 6. The number of likely N-dealkylation sites (tertiary alicyclic amines) is 1. The summed E-state index contributed by atoms with van der Waals surface area (Å²) >= 11 is 9.76. The molecule has 10 heteroatoms. The van der Waals surface area contributed by atoms with Crippen LogP contribution in [0.5, 0.6) is 0 Å². The molecule has 0 saturated carbocycles. The molecular weight excluding hydrogens is 588 g/mol. The van der Waals surface area contributed by atoms with Gasteiger partial charge in [0.25, 0.3) is 5.91 Å². The quantitative estimate of drug-likeness (QED) is 0.153. The standard InChI is InChI=1S/C29H36BrClN2O6/c1-4-7-8-9-15-38-28(37)22-23-26(35)33(19(6-3)17-34)25(29(23)16-21(30)24(22)39-29)27(36)32(14-5-2)20-12-10-18(31)11-13-20/h4-5,10-13,19,21-25,34H,1-2,6-9,14-17H2,3H3/t19-,21?,22+,23-,24+,25?,29?/m0/s1. The van der Waals surface area contributed by atoms with Gasteiger partial charge in [-0.05, 0) is 56.4 Å². The number of carbonyl (C=O) groups is 3. The van der Waals surface area contributed by atoms with Crippen molar-refractivity contribution in [1.29, 1.82) is 0 Å². The highest BCUT2D eigenvalue weighted by atomic mass is 79.9. The molecule has 0 aliphatic carbocycles. The largest absolute Gasteiger partial charge is 0.465 e. The zero-order chi connectivity index (χ0) is 28.3. The fraction of sp³-hybridized carbons (Fsp3) is 0.552. The maximum Gasteiger partial charge on any atom is 0.312 e. The lowest BCUT2D eigenvalue weighted by molar-refractivity contribution is -0.155. The van der Waals surface area contributed by atoms with Crippen LogP contribution in [-0.2, 0) is 23.9 Å². The van der Waals surface area contributed by atoms with Gasteiger partial charge >= 0.3 is 5.97 Å².